The molecular weight excluding hydrogens is 362 g/mol. The molecule has 2 amide bonds. The molecule has 27 heavy (non-hydrogen) atoms. The third-order valence-electron chi connectivity index (χ3n) is 4.77. The van der Waals surface area contributed by atoms with Crippen LogP contribution in [0.1, 0.15) is 28.2 Å². The number of thiazole rings is 1. The SMILES string of the molecule is O=C(NCc1nccs1)N1CCc2[nH]cnc2[C@H]1c1cc2ccccc2o1. The van der Waals surface area contributed by atoms with Crippen molar-refractivity contribution in [2.75, 3.05) is 6.54 Å². The number of aromatic amines is 1. The normalized spacial score (nSPS) is 16.4. The fourth-order valence-corrected chi connectivity index (χ4v) is 4.07. The third kappa shape index (κ3) is 2.87. The van der Waals surface area contributed by atoms with Gasteiger partial charge < -0.3 is 19.6 Å². The predicted molar refractivity (Wildman–Crippen MR) is 101 cm³/mol. The summed E-state index contributed by atoms with van der Waals surface area (Å²) >= 11 is 1.52. The van der Waals surface area contributed by atoms with E-state index in [9.17, 15) is 4.79 Å². The molecule has 1 aliphatic rings. The number of urea groups is 1. The van der Waals surface area contributed by atoms with Crippen LogP contribution in [0.15, 0.2) is 52.7 Å². The quantitative estimate of drug-likeness (QED) is 0.571. The Kier molecular flexibility index (Phi) is 3.90. The molecule has 1 atom stereocenters. The van der Waals surface area contributed by atoms with Gasteiger partial charge in [0.2, 0.25) is 0 Å². The number of imidazole rings is 1. The highest BCUT2D eigenvalue weighted by molar-refractivity contribution is 7.09. The largest absolute Gasteiger partial charge is 0.458 e. The Morgan fingerprint density at radius 1 is 1.37 bits per heavy atom. The monoisotopic (exact) mass is 379 g/mol. The maximum Gasteiger partial charge on any atom is 0.318 e. The summed E-state index contributed by atoms with van der Waals surface area (Å²) in [4.78, 5) is 26.6. The molecule has 8 heteroatoms. The minimum atomic E-state index is -0.358. The van der Waals surface area contributed by atoms with Gasteiger partial charge in [-0.2, -0.15) is 0 Å². The number of nitrogens with zero attached hydrogens (tertiary/aromatic N) is 3. The van der Waals surface area contributed by atoms with E-state index in [0.29, 0.717) is 18.8 Å². The van der Waals surface area contributed by atoms with Crippen molar-refractivity contribution in [1.82, 2.24) is 25.2 Å². The molecule has 0 bridgehead atoms. The van der Waals surface area contributed by atoms with Gasteiger partial charge in [-0.25, -0.2) is 14.8 Å². The third-order valence-corrected chi connectivity index (χ3v) is 5.55. The highest BCUT2D eigenvalue weighted by atomic mass is 32.1. The fourth-order valence-electron chi connectivity index (χ4n) is 3.51. The average molecular weight is 379 g/mol. The Morgan fingerprint density at radius 2 is 2.30 bits per heavy atom. The summed E-state index contributed by atoms with van der Waals surface area (Å²) in [5.41, 5.74) is 2.69. The number of benzene rings is 1. The first kappa shape index (κ1) is 16.1. The minimum absolute atomic E-state index is 0.149. The van der Waals surface area contributed by atoms with Gasteiger partial charge in [-0.1, -0.05) is 18.2 Å². The van der Waals surface area contributed by atoms with Gasteiger partial charge in [-0.3, -0.25) is 0 Å². The number of hydrogen-bond acceptors (Lipinski definition) is 5. The van der Waals surface area contributed by atoms with Gasteiger partial charge in [0.05, 0.1) is 18.6 Å². The van der Waals surface area contributed by atoms with Crippen LogP contribution in [-0.4, -0.2) is 32.4 Å². The molecule has 0 radical (unpaired) electrons. The number of hydrogen-bond donors (Lipinski definition) is 2. The van der Waals surface area contributed by atoms with Crippen molar-refractivity contribution in [1.29, 1.82) is 0 Å². The summed E-state index contributed by atoms with van der Waals surface area (Å²) in [7, 11) is 0. The Labute approximate surface area is 159 Å². The summed E-state index contributed by atoms with van der Waals surface area (Å²) in [6.07, 6.45) is 4.15. The van der Waals surface area contributed by atoms with Gasteiger partial charge >= 0.3 is 6.03 Å². The van der Waals surface area contributed by atoms with E-state index >= 15 is 0 Å². The number of rotatable bonds is 3. The molecule has 0 fully saturated rings. The van der Waals surface area contributed by atoms with Crippen molar-refractivity contribution in [3.05, 3.63) is 70.4 Å². The van der Waals surface area contributed by atoms with Crippen LogP contribution >= 0.6 is 11.3 Å². The number of nitrogens with one attached hydrogen (secondary N) is 2. The molecular formula is C19H17N5O2S. The molecule has 7 nitrogen and oxygen atoms in total. The van der Waals surface area contributed by atoms with Crippen LogP contribution in [0.3, 0.4) is 0 Å². The second kappa shape index (κ2) is 6.55. The lowest BCUT2D eigenvalue weighted by Gasteiger charge is -2.33. The molecule has 0 spiro atoms. The number of carbonyl (C=O) groups excluding carboxylic acids is 1. The molecule has 3 aromatic heterocycles. The van der Waals surface area contributed by atoms with E-state index in [1.54, 1.807) is 17.4 Å². The van der Waals surface area contributed by atoms with Gasteiger partial charge in [-0.05, 0) is 12.1 Å². The highest BCUT2D eigenvalue weighted by Crippen LogP contribution is 2.36. The fraction of sp³-hybridized carbons (Fsp3) is 0.211. The van der Waals surface area contributed by atoms with E-state index in [0.717, 1.165) is 33.8 Å². The predicted octanol–water partition coefficient (Wildman–Crippen LogP) is 3.47. The summed E-state index contributed by atoms with van der Waals surface area (Å²) in [6, 6.07) is 9.33. The van der Waals surface area contributed by atoms with E-state index in [1.807, 2.05) is 35.7 Å². The number of amides is 2. The summed E-state index contributed by atoms with van der Waals surface area (Å²) in [6.45, 7) is 0.994. The Bertz CT molecular complexity index is 1050. The van der Waals surface area contributed by atoms with Crippen LogP contribution in [0, 0.1) is 0 Å². The molecule has 0 saturated heterocycles. The summed E-state index contributed by atoms with van der Waals surface area (Å²) in [5.74, 6) is 0.716. The molecule has 4 aromatic rings. The average Bonchev–Trinajstić information content (AvgIpc) is 3.45. The smallest absolute Gasteiger partial charge is 0.318 e. The second-order valence-corrected chi connectivity index (χ2v) is 7.36. The zero-order chi connectivity index (χ0) is 18.2. The molecule has 0 aliphatic carbocycles. The first-order valence-electron chi connectivity index (χ1n) is 8.73. The van der Waals surface area contributed by atoms with Crippen molar-refractivity contribution >= 4 is 28.3 Å². The van der Waals surface area contributed by atoms with Crippen LogP contribution in [0.4, 0.5) is 4.79 Å². The Balaban J connectivity index is 1.49. The number of H-pyrrole nitrogens is 1. The van der Waals surface area contributed by atoms with Crippen LogP contribution in [0.25, 0.3) is 11.0 Å². The maximum absolute atomic E-state index is 12.9. The van der Waals surface area contributed by atoms with Gasteiger partial charge in [-0.15, -0.1) is 11.3 Å². The Morgan fingerprint density at radius 3 is 3.15 bits per heavy atom. The van der Waals surface area contributed by atoms with Gasteiger partial charge in [0, 0.05) is 35.6 Å². The van der Waals surface area contributed by atoms with Crippen molar-refractivity contribution in [2.45, 2.75) is 19.0 Å². The Hall–Kier alpha value is -3.13. The van der Waals surface area contributed by atoms with Crippen molar-refractivity contribution in [3.8, 4) is 0 Å². The number of fused-ring (bicyclic) bond motifs is 2. The lowest BCUT2D eigenvalue weighted by atomic mass is 10.0. The highest BCUT2D eigenvalue weighted by Gasteiger charge is 2.36. The van der Waals surface area contributed by atoms with Crippen molar-refractivity contribution in [2.24, 2.45) is 0 Å². The van der Waals surface area contributed by atoms with E-state index in [4.69, 9.17) is 4.42 Å². The summed E-state index contributed by atoms with van der Waals surface area (Å²) < 4.78 is 6.08. The van der Waals surface area contributed by atoms with Crippen molar-refractivity contribution in [3.63, 3.8) is 0 Å². The van der Waals surface area contributed by atoms with Crippen LogP contribution < -0.4 is 5.32 Å². The lowest BCUT2D eigenvalue weighted by Crippen LogP contribution is -2.45. The topological polar surface area (TPSA) is 87.0 Å². The molecule has 2 N–H and O–H groups in total. The lowest BCUT2D eigenvalue weighted by molar-refractivity contribution is 0.171. The van der Waals surface area contributed by atoms with Crippen LogP contribution in [0.2, 0.25) is 0 Å². The van der Waals surface area contributed by atoms with Gasteiger partial charge in [0.1, 0.15) is 22.4 Å². The number of para-hydroxylation sites is 1. The first-order chi connectivity index (χ1) is 13.3. The van der Waals surface area contributed by atoms with E-state index in [1.165, 1.54) is 11.3 Å². The molecule has 4 heterocycles. The molecule has 1 aliphatic heterocycles. The molecule has 1 aromatic carbocycles. The van der Waals surface area contributed by atoms with E-state index in [-0.39, 0.29) is 12.1 Å². The first-order valence-corrected chi connectivity index (χ1v) is 9.61. The molecule has 0 unspecified atom stereocenters. The minimum Gasteiger partial charge on any atom is -0.458 e. The number of carbonyl (C=O) groups is 1. The van der Waals surface area contributed by atoms with E-state index < -0.39 is 0 Å². The van der Waals surface area contributed by atoms with E-state index in [2.05, 4.69) is 20.3 Å². The molecule has 5 rings (SSSR count). The maximum atomic E-state index is 12.9. The van der Waals surface area contributed by atoms with Crippen LogP contribution in [-0.2, 0) is 13.0 Å². The number of aromatic nitrogens is 3. The summed E-state index contributed by atoms with van der Waals surface area (Å²) in [5, 5.41) is 6.75. The molecule has 136 valence electrons. The van der Waals surface area contributed by atoms with Gasteiger partial charge in [0.25, 0.3) is 0 Å². The second-order valence-electron chi connectivity index (χ2n) is 6.38. The van der Waals surface area contributed by atoms with Gasteiger partial charge in [0.15, 0.2) is 0 Å². The standard InChI is InChI=1S/C19H17N5O2S/c25-19(21-10-16-20-6-8-27-16)24-7-5-13-17(23-11-22-13)18(24)15-9-12-3-1-2-4-14(12)26-15/h1-4,6,8-9,11,18H,5,7,10H2,(H,21,25)(H,22,23)/t18-/m1/s1. The van der Waals surface area contributed by atoms with Crippen molar-refractivity contribution < 1.29 is 9.21 Å². The van der Waals surface area contributed by atoms with Crippen LogP contribution in [0.5, 0.6) is 0 Å². The molecule has 0 saturated carbocycles. The zero-order valence-corrected chi connectivity index (χ0v) is 15.2. The number of furan rings is 1. The zero-order valence-electron chi connectivity index (χ0n) is 14.4.